The number of nitrogens with one attached hydrogen (secondary N) is 2. The highest BCUT2D eigenvalue weighted by Gasteiger charge is 2.16. The number of benzene rings is 1. The summed E-state index contributed by atoms with van der Waals surface area (Å²) in [7, 11) is 0. The van der Waals surface area contributed by atoms with Crippen LogP contribution < -0.4 is 10.6 Å². The molecular formula is C19H34N2O3. The van der Waals surface area contributed by atoms with E-state index in [2.05, 4.69) is 10.6 Å². The van der Waals surface area contributed by atoms with Gasteiger partial charge in [-0.05, 0) is 58.7 Å². The van der Waals surface area contributed by atoms with Gasteiger partial charge in [-0.25, -0.2) is 4.79 Å². The molecule has 0 unspecified atom stereocenters. The second-order valence-corrected chi connectivity index (χ2v) is 7.04. The van der Waals surface area contributed by atoms with Gasteiger partial charge in [0.1, 0.15) is 5.60 Å². The number of amides is 1. The van der Waals surface area contributed by atoms with Gasteiger partial charge in [-0.3, -0.25) is 0 Å². The lowest BCUT2D eigenvalue weighted by molar-refractivity contribution is 0.0528. The van der Waals surface area contributed by atoms with Crippen molar-refractivity contribution in [3.63, 3.8) is 0 Å². The Morgan fingerprint density at radius 1 is 1.08 bits per heavy atom. The molecule has 24 heavy (non-hydrogen) atoms. The molecular weight excluding hydrogens is 304 g/mol. The lowest BCUT2D eigenvalue weighted by Gasteiger charge is -2.25. The molecule has 0 bridgehead atoms. The molecule has 1 aromatic rings. The summed E-state index contributed by atoms with van der Waals surface area (Å²) >= 11 is 0. The quantitative estimate of drug-likeness (QED) is 0.734. The van der Waals surface area contributed by atoms with Crippen molar-refractivity contribution in [3.8, 4) is 0 Å². The Balaban J connectivity index is 0.00000254. The van der Waals surface area contributed by atoms with Crippen molar-refractivity contribution in [3.05, 3.63) is 29.8 Å². The molecule has 0 aromatic heterocycles. The minimum absolute atomic E-state index is 0.0640. The number of rotatable bonds is 6. The van der Waals surface area contributed by atoms with Gasteiger partial charge < -0.3 is 20.5 Å². The zero-order valence-corrected chi connectivity index (χ0v) is 16.2. The van der Waals surface area contributed by atoms with Crippen LogP contribution in [0.2, 0.25) is 0 Å². The number of aliphatic hydroxyl groups excluding tert-OH is 1. The van der Waals surface area contributed by atoms with Crippen LogP contribution in [0.5, 0.6) is 0 Å². The third-order valence-corrected chi connectivity index (χ3v) is 2.91. The van der Waals surface area contributed by atoms with Gasteiger partial charge in [-0.15, -0.1) is 0 Å². The molecule has 138 valence electrons. The molecule has 0 saturated heterocycles. The molecule has 1 rings (SSSR count). The minimum Gasteiger partial charge on any atom is -0.444 e. The number of aliphatic hydroxyl groups is 1. The lowest BCUT2D eigenvalue weighted by atomic mass is 10.1. The first-order valence-electron chi connectivity index (χ1n) is 8.56. The Labute approximate surface area is 146 Å². The molecule has 0 aliphatic rings. The summed E-state index contributed by atoms with van der Waals surface area (Å²) in [6.07, 6.45) is 0.346. The Hall–Kier alpha value is -1.75. The Morgan fingerprint density at radius 3 is 2.08 bits per heavy atom. The number of ether oxygens (including phenoxy) is 1. The summed E-state index contributed by atoms with van der Waals surface area (Å²) in [6.45, 7) is 14.0. The molecule has 3 N–H and O–H groups in total. The summed E-state index contributed by atoms with van der Waals surface area (Å²) in [5.41, 5.74) is 1.27. The van der Waals surface area contributed by atoms with Crippen molar-refractivity contribution in [2.24, 2.45) is 0 Å². The summed E-state index contributed by atoms with van der Waals surface area (Å²) in [4.78, 5) is 11.5. The second kappa shape index (κ2) is 10.2. The number of carbonyl (C=O) groups is 1. The third kappa shape index (κ3) is 10.1. The van der Waals surface area contributed by atoms with Crippen LogP contribution in [0, 0.1) is 0 Å². The normalized spacial score (nSPS) is 11.2. The van der Waals surface area contributed by atoms with Crippen LogP contribution in [-0.2, 0) is 11.2 Å². The first-order chi connectivity index (χ1) is 11.1. The van der Waals surface area contributed by atoms with Crippen molar-refractivity contribution >= 4 is 11.8 Å². The minimum atomic E-state index is -0.475. The highest BCUT2D eigenvalue weighted by molar-refractivity contribution is 5.67. The maximum Gasteiger partial charge on any atom is 0.407 e. The van der Waals surface area contributed by atoms with E-state index >= 15 is 0 Å². The lowest BCUT2D eigenvalue weighted by Crippen LogP contribution is -2.34. The number of carbonyl (C=O) groups excluding carboxylic acids is 1. The highest BCUT2D eigenvalue weighted by Crippen LogP contribution is 2.15. The summed E-state index contributed by atoms with van der Waals surface area (Å²) in [5.74, 6) is 0. The van der Waals surface area contributed by atoms with E-state index in [4.69, 9.17) is 4.74 Å². The zero-order valence-electron chi connectivity index (χ0n) is 16.2. The molecule has 5 nitrogen and oxygen atoms in total. The van der Waals surface area contributed by atoms with Gasteiger partial charge in [0.05, 0.1) is 12.1 Å². The molecule has 0 aliphatic carbocycles. The van der Waals surface area contributed by atoms with Crippen molar-refractivity contribution in [2.45, 2.75) is 66.0 Å². The third-order valence-electron chi connectivity index (χ3n) is 2.91. The first-order valence-corrected chi connectivity index (χ1v) is 8.56. The summed E-state index contributed by atoms with van der Waals surface area (Å²) < 4.78 is 5.18. The maximum absolute atomic E-state index is 11.5. The maximum atomic E-state index is 11.5. The van der Waals surface area contributed by atoms with E-state index in [0.29, 0.717) is 6.54 Å². The van der Waals surface area contributed by atoms with Gasteiger partial charge in [0.15, 0.2) is 0 Å². The number of hydrogen-bond donors (Lipinski definition) is 3. The monoisotopic (exact) mass is 338 g/mol. The van der Waals surface area contributed by atoms with Crippen molar-refractivity contribution in [2.75, 3.05) is 18.5 Å². The van der Waals surface area contributed by atoms with E-state index in [1.807, 2.05) is 72.7 Å². The molecule has 0 saturated carbocycles. The van der Waals surface area contributed by atoms with Crippen LogP contribution in [0.4, 0.5) is 10.5 Å². The van der Waals surface area contributed by atoms with Gasteiger partial charge in [-0.2, -0.15) is 0 Å². The topological polar surface area (TPSA) is 70.6 Å². The summed E-state index contributed by atoms with van der Waals surface area (Å²) in [5, 5.41) is 15.2. The molecule has 5 heteroatoms. The summed E-state index contributed by atoms with van der Waals surface area (Å²) in [6, 6.07) is 7.96. The van der Waals surface area contributed by atoms with Gasteiger partial charge in [0.2, 0.25) is 0 Å². The molecule has 0 spiro atoms. The molecule has 0 atom stereocenters. The van der Waals surface area contributed by atoms with Crippen molar-refractivity contribution in [1.29, 1.82) is 0 Å². The van der Waals surface area contributed by atoms with Crippen LogP contribution in [0.25, 0.3) is 0 Å². The fourth-order valence-electron chi connectivity index (χ4n) is 1.81. The predicted molar refractivity (Wildman–Crippen MR) is 101 cm³/mol. The van der Waals surface area contributed by atoms with E-state index in [1.54, 1.807) is 0 Å². The fourth-order valence-corrected chi connectivity index (χ4v) is 1.81. The van der Waals surface area contributed by atoms with Crippen LogP contribution in [0.3, 0.4) is 0 Å². The van der Waals surface area contributed by atoms with E-state index in [0.717, 1.165) is 17.7 Å². The van der Waals surface area contributed by atoms with Crippen LogP contribution in [0.1, 0.15) is 54.0 Å². The van der Waals surface area contributed by atoms with Gasteiger partial charge >= 0.3 is 6.09 Å². The largest absolute Gasteiger partial charge is 0.444 e. The van der Waals surface area contributed by atoms with Crippen LogP contribution in [0.15, 0.2) is 24.3 Å². The van der Waals surface area contributed by atoms with Crippen molar-refractivity contribution < 1.29 is 14.6 Å². The van der Waals surface area contributed by atoms with E-state index in [-0.39, 0.29) is 12.1 Å². The first kappa shape index (κ1) is 22.2. The molecule has 0 fully saturated rings. The average Bonchev–Trinajstić information content (AvgIpc) is 2.49. The van der Waals surface area contributed by atoms with Crippen LogP contribution >= 0.6 is 0 Å². The van der Waals surface area contributed by atoms with Gasteiger partial charge in [-0.1, -0.05) is 26.0 Å². The molecule has 0 aliphatic heterocycles. The molecule has 1 aromatic carbocycles. The van der Waals surface area contributed by atoms with Crippen molar-refractivity contribution in [1.82, 2.24) is 5.32 Å². The van der Waals surface area contributed by atoms with E-state index in [9.17, 15) is 9.90 Å². The number of anilines is 1. The van der Waals surface area contributed by atoms with E-state index < -0.39 is 11.7 Å². The highest BCUT2D eigenvalue weighted by atomic mass is 16.6. The smallest absolute Gasteiger partial charge is 0.407 e. The molecule has 0 heterocycles. The van der Waals surface area contributed by atoms with Crippen LogP contribution in [-0.4, -0.2) is 35.5 Å². The fraction of sp³-hybridized carbons (Fsp3) is 0.632. The molecule has 0 radical (unpaired) electrons. The van der Waals surface area contributed by atoms with E-state index in [1.165, 1.54) is 0 Å². The predicted octanol–water partition coefficient (Wildman–Crippen LogP) is 3.96. The zero-order chi connectivity index (χ0) is 18.8. The van der Waals surface area contributed by atoms with Gasteiger partial charge in [0.25, 0.3) is 0 Å². The standard InChI is InChI=1S/C17H28N2O3.C2H6/c1-16(2,3)22-15(21)18-11-10-13-6-8-14(9-7-13)19-17(4,5)12-20;1-2/h6-9,19-20H,10-12H2,1-5H3,(H,18,21);1-2H3. The SMILES string of the molecule is CC.CC(C)(CO)Nc1ccc(CCNC(=O)OC(C)(C)C)cc1. The Bertz CT molecular complexity index is 476. The second-order valence-electron chi connectivity index (χ2n) is 7.04. The number of alkyl carbamates (subject to hydrolysis) is 1. The average molecular weight is 338 g/mol. The number of hydrogen-bond acceptors (Lipinski definition) is 4. The Morgan fingerprint density at radius 2 is 1.62 bits per heavy atom. The van der Waals surface area contributed by atoms with Gasteiger partial charge in [0, 0.05) is 12.2 Å². The Kier molecular flexibility index (Phi) is 9.44. The molecule has 1 amide bonds.